The average Bonchev–Trinajstić information content (AvgIpc) is 2.66. The molecule has 0 heterocycles. The van der Waals surface area contributed by atoms with Gasteiger partial charge in [-0.1, -0.05) is 35.9 Å². The molecule has 0 saturated heterocycles. The fraction of sp³-hybridized carbons (Fsp3) is 0.150. The molecule has 1 N–H and O–H groups in total. The minimum Gasteiger partial charge on any atom is -0.451 e. The van der Waals surface area contributed by atoms with Gasteiger partial charge in [0.25, 0.3) is 5.91 Å². The van der Waals surface area contributed by atoms with E-state index in [9.17, 15) is 14.9 Å². The second-order valence-electron chi connectivity index (χ2n) is 5.76. The highest BCUT2D eigenvalue weighted by atomic mass is 35.5. The second-order valence-corrected chi connectivity index (χ2v) is 6.17. The summed E-state index contributed by atoms with van der Waals surface area (Å²) in [5.74, 6) is -1.42. The third kappa shape index (κ3) is 5.87. The number of hydrogen-bond acceptors (Lipinski definition) is 5. The standard InChI is InChI=1S/C20H18ClN3O3/c1-24(2)16-9-7-14(8-10-16)11-15(12-22)20(26)27-13-19(25)23-18-6-4-3-5-17(18)21/h3-11H,13H2,1-2H3,(H,23,25)/b15-11+. The van der Waals surface area contributed by atoms with E-state index in [1.807, 2.05) is 31.1 Å². The number of hydrogen-bond donors (Lipinski definition) is 1. The maximum atomic E-state index is 12.1. The molecule has 0 fully saturated rings. The molecule has 138 valence electrons. The molecular weight excluding hydrogens is 366 g/mol. The van der Waals surface area contributed by atoms with Gasteiger partial charge in [-0.2, -0.15) is 5.26 Å². The first-order valence-corrected chi connectivity index (χ1v) is 8.39. The van der Waals surface area contributed by atoms with Crippen molar-refractivity contribution < 1.29 is 14.3 Å². The van der Waals surface area contributed by atoms with E-state index in [0.29, 0.717) is 16.3 Å². The van der Waals surface area contributed by atoms with E-state index >= 15 is 0 Å². The molecule has 0 aliphatic rings. The van der Waals surface area contributed by atoms with Crippen molar-refractivity contribution in [1.82, 2.24) is 0 Å². The lowest BCUT2D eigenvalue weighted by molar-refractivity contribution is -0.142. The van der Waals surface area contributed by atoms with Crippen LogP contribution in [0.25, 0.3) is 6.08 Å². The molecule has 0 saturated carbocycles. The molecule has 27 heavy (non-hydrogen) atoms. The number of nitriles is 1. The van der Waals surface area contributed by atoms with Gasteiger partial charge in [0, 0.05) is 19.8 Å². The lowest BCUT2D eigenvalue weighted by atomic mass is 10.1. The number of amides is 1. The zero-order valence-corrected chi connectivity index (χ0v) is 15.7. The third-order valence-electron chi connectivity index (χ3n) is 3.54. The summed E-state index contributed by atoms with van der Waals surface area (Å²) in [5.41, 5.74) is 1.88. The Morgan fingerprint density at radius 3 is 2.44 bits per heavy atom. The van der Waals surface area contributed by atoms with Gasteiger partial charge in [-0.15, -0.1) is 0 Å². The SMILES string of the molecule is CN(C)c1ccc(/C=C(\C#N)C(=O)OCC(=O)Nc2ccccc2Cl)cc1. The number of halogens is 1. The van der Waals surface area contributed by atoms with Crippen molar-refractivity contribution in [2.75, 3.05) is 30.9 Å². The minimum atomic E-state index is -0.872. The quantitative estimate of drug-likeness (QED) is 0.469. The molecule has 7 heteroatoms. The number of anilines is 2. The van der Waals surface area contributed by atoms with E-state index in [1.54, 1.807) is 42.5 Å². The van der Waals surface area contributed by atoms with E-state index in [-0.39, 0.29) is 5.57 Å². The van der Waals surface area contributed by atoms with Crippen LogP contribution < -0.4 is 10.2 Å². The lowest BCUT2D eigenvalue weighted by Crippen LogP contribution is -2.21. The van der Waals surface area contributed by atoms with Crippen LogP contribution in [0.2, 0.25) is 5.02 Å². The van der Waals surface area contributed by atoms with Crippen LogP contribution in [0.4, 0.5) is 11.4 Å². The summed E-state index contributed by atoms with van der Waals surface area (Å²) in [6.45, 7) is -0.525. The van der Waals surface area contributed by atoms with Gasteiger partial charge in [0.15, 0.2) is 6.61 Å². The maximum Gasteiger partial charge on any atom is 0.349 e. The lowest BCUT2D eigenvalue weighted by Gasteiger charge is -2.11. The van der Waals surface area contributed by atoms with Gasteiger partial charge in [0.1, 0.15) is 11.6 Å². The first kappa shape index (κ1) is 20.0. The predicted octanol–water partition coefficient (Wildman–Crippen LogP) is 3.49. The third-order valence-corrected chi connectivity index (χ3v) is 3.87. The first-order chi connectivity index (χ1) is 12.9. The number of esters is 1. The highest BCUT2D eigenvalue weighted by molar-refractivity contribution is 6.33. The van der Waals surface area contributed by atoms with Crippen LogP contribution in [0.3, 0.4) is 0 Å². The number of benzene rings is 2. The number of rotatable bonds is 6. The van der Waals surface area contributed by atoms with Gasteiger partial charge in [-0.3, -0.25) is 4.79 Å². The number of carbonyl (C=O) groups is 2. The van der Waals surface area contributed by atoms with Crippen LogP contribution in [0.5, 0.6) is 0 Å². The predicted molar refractivity (Wildman–Crippen MR) is 105 cm³/mol. The summed E-state index contributed by atoms with van der Waals surface area (Å²) in [6.07, 6.45) is 1.41. The van der Waals surface area contributed by atoms with Crippen molar-refractivity contribution in [2.45, 2.75) is 0 Å². The first-order valence-electron chi connectivity index (χ1n) is 8.01. The minimum absolute atomic E-state index is 0.196. The largest absolute Gasteiger partial charge is 0.451 e. The smallest absolute Gasteiger partial charge is 0.349 e. The molecule has 1 amide bonds. The van der Waals surface area contributed by atoms with Crippen molar-refractivity contribution in [3.05, 3.63) is 64.7 Å². The summed E-state index contributed by atoms with van der Waals surface area (Å²) >= 11 is 5.95. The Kier molecular flexibility index (Phi) is 6.98. The summed E-state index contributed by atoms with van der Waals surface area (Å²) in [6, 6.07) is 15.8. The fourth-order valence-electron chi connectivity index (χ4n) is 2.13. The molecule has 0 aliphatic carbocycles. The van der Waals surface area contributed by atoms with Gasteiger partial charge >= 0.3 is 5.97 Å². The Balaban J connectivity index is 1.97. The summed E-state index contributed by atoms with van der Waals surface area (Å²) in [7, 11) is 3.83. The van der Waals surface area contributed by atoms with Crippen molar-refractivity contribution in [1.29, 1.82) is 5.26 Å². The molecule has 2 rings (SSSR count). The van der Waals surface area contributed by atoms with Crippen LogP contribution in [0.15, 0.2) is 54.1 Å². The Bertz CT molecular complexity index is 899. The topological polar surface area (TPSA) is 82.4 Å². The normalized spacial score (nSPS) is 10.7. The van der Waals surface area contributed by atoms with Crippen LogP contribution in [-0.2, 0) is 14.3 Å². The second kappa shape index (κ2) is 9.41. The summed E-state index contributed by atoms with van der Waals surface area (Å²) in [4.78, 5) is 25.9. The van der Waals surface area contributed by atoms with Crippen molar-refractivity contribution in [3.63, 3.8) is 0 Å². The Hall–Kier alpha value is -3.30. The van der Waals surface area contributed by atoms with Crippen molar-refractivity contribution in [3.8, 4) is 6.07 Å². The zero-order chi connectivity index (χ0) is 19.8. The fourth-order valence-corrected chi connectivity index (χ4v) is 2.31. The molecule has 0 aromatic heterocycles. The van der Waals surface area contributed by atoms with Crippen molar-refractivity contribution >= 4 is 40.9 Å². The number of nitrogens with zero attached hydrogens (tertiary/aromatic N) is 2. The van der Waals surface area contributed by atoms with Gasteiger partial charge in [0.2, 0.25) is 0 Å². The molecule has 0 radical (unpaired) electrons. The van der Waals surface area contributed by atoms with Crippen molar-refractivity contribution in [2.24, 2.45) is 0 Å². The Morgan fingerprint density at radius 2 is 1.85 bits per heavy atom. The van der Waals surface area contributed by atoms with Gasteiger partial charge in [-0.25, -0.2) is 4.79 Å². The monoisotopic (exact) mass is 383 g/mol. The molecule has 0 spiro atoms. The Morgan fingerprint density at radius 1 is 1.19 bits per heavy atom. The van der Waals surface area contributed by atoms with Gasteiger partial charge in [-0.05, 0) is 35.9 Å². The molecule has 2 aromatic rings. The van der Waals surface area contributed by atoms with Crippen LogP contribution in [0, 0.1) is 11.3 Å². The number of carbonyl (C=O) groups excluding carboxylic acids is 2. The molecule has 0 atom stereocenters. The molecule has 6 nitrogen and oxygen atoms in total. The summed E-state index contributed by atoms with van der Waals surface area (Å²) < 4.78 is 4.91. The van der Waals surface area contributed by atoms with Crippen LogP contribution >= 0.6 is 11.6 Å². The molecule has 0 unspecified atom stereocenters. The average molecular weight is 384 g/mol. The van der Waals surface area contributed by atoms with Gasteiger partial charge in [0.05, 0.1) is 10.7 Å². The van der Waals surface area contributed by atoms with E-state index in [4.69, 9.17) is 16.3 Å². The van der Waals surface area contributed by atoms with E-state index in [1.165, 1.54) is 6.08 Å². The molecule has 2 aromatic carbocycles. The number of nitrogens with one attached hydrogen (secondary N) is 1. The van der Waals surface area contributed by atoms with E-state index in [0.717, 1.165) is 5.69 Å². The zero-order valence-electron chi connectivity index (χ0n) is 14.9. The van der Waals surface area contributed by atoms with Crippen LogP contribution in [-0.4, -0.2) is 32.6 Å². The molecular formula is C20H18ClN3O3. The number of para-hydroxylation sites is 1. The van der Waals surface area contributed by atoms with Gasteiger partial charge < -0.3 is 15.0 Å². The molecule has 0 bridgehead atoms. The maximum absolute atomic E-state index is 12.1. The summed E-state index contributed by atoms with van der Waals surface area (Å²) in [5, 5.41) is 12.1. The molecule has 0 aliphatic heterocycles. The highest BCUT2D eigenvalue weighted by Gasteiger charge is 2.14. The van der Waals surface area contributed by atoms with Crippen LogP contribution in [0.1, 0.15) is 5.56 Å². The highest BCUT2D eigenvalue weighted by Crippen LogP contribution is 2.20. The van der Waals surface area contributed by atoms with E-state index in [2.05, 4.69) is 5.32 Å². The number of ether oxygens (including phenoxy) is 1. The van der Waals surface area contributed by atoms with E-state index < -0.39 is 18.5 Å². The Labute approximate surface area is 162 Å².